The molecule has 0 aliphatic heterocycles. The van der Waals surface area contributed by atoms with Gasteiger partial charge in [0.15, 0.2) is 0 Å². The standard InChI is InChI=1S/C17H22ClNOS/c1-12(2)9-19-10-15-6-7-16(21-15)11-20-17-8-14(18)5-4-13(17)3/h4-8,12,19H,9-11H2,1-3H3. The largest absolute Gasteiger partial charge is 0.488 e. The van der Waals surface area contributed by atoms with Crippen LogP contribution < -0.4 is 10.1 Å². The summed E-state index contributed by atoms with van der Waals surface area (Å²) in [5.74, 6) is 1.54. The summed E-state index contributed by atoms with van der Waals surface area (Å²) in [6.45, 7) is 9.03. The second-order valence-electron chi connectivity index (χ2n) is 5.59. The van der Waals surface area contributed by atoms with Crippen molar-refractivity contribution in [1.82, 2.24) is 5.32 Å². The van der Waals surface area contributed by atoms with E-state index < -0.39 is 0 Å². The van der Waals surface area contributed by atoms with Gasteiger partial charge in [-0.1, -0.05) is 31.5 Å². The number of rotatable bonds is 7. The number of thiophene rings is 1. The Hall–Kier alpha value is -1.03. The van der Waals surface area contributed by atoms with Crippen molar-refractivity contribution < 1.29 is 4.74 Å². The van der Waals surface area contributed by atoms with Crippen LogP contribution in [-0.4, -0.2) is 6.54 Å². The molecule has 0 saturated heterocycles. The molecule has 2 aromatic rings. The van der Waals surface area contributed by atoms with E-state index in [1.54, 1.807) is 11.3 Å². The van der Waals surface area contributed by atoms with Gasteiger partial charge in [-0.3, -0.25) is 0 Å². The first-order chi connectivity index (χ1) is 10.0. The molecule has 0 spiro atoms. The maximum Gasteiger partial charge on any atom is 0.124 e. The fraction of sp³-hybridized carbons (Fsp3) is 0.412. The number of nitrogens with one attached hydrogen (secondary N) is 1. The van der Waals surface area contributed by atoms with Gasteiger partial charge in [-0.2, -0.15) is 0 Å². The predicted octanol–water partition coefficient (Wildman–Crippen LogP) is 5.03. The number of benzene rings is 1. The fourth-order valence-corrected chi connectivity index (χ4v) is 3.02. The molecule has 1 N–H and O–H groups in total. The maximum atomic E-state index is 6.00. The van der Waals surface area contributed by atoms with Crippen LogP contribution in [0.2, 0.25) is 5.02 Å². The zero-order valence-electron chi connectivity index (χ0n) is 12.8. The van der Waals surface area contributed by atoms with Crippen molar-refractivity contribution in [2.45, 2.75) is 33.9 Å². The third kappa shape index (κ3) is 5.34. The van der Waals surface area contributed by atoms with Gasteiger partial charge in [-0.15, -0.1) is 11.3 Å². The lowest BCUT2D eigenvalue weighted by atomic mass is 10.2. The number of hydrogen-bond acceptors (Lipinski definition) is 3. The smallest absolute Gasteiger partial charge is 0.124 e. The zero-order chi connectivity index (χ0) is 15.2. The van der Waals surface area contributed by atoms with E-state index in [9.17, 15) is 0 Å². The highest BCUT2D eigenvalue weighted by molar-refractivity contribution is 7.11. The molecule has 0 saturated carbocycles. The van der Waals surface area contributed by atoms with Crippen molar-refractivity contribution in [3.8, 4) is 5.75 Å². The predicted molar refractivity (Wildman–Crippen MR) is 91.4 cm³/mol. The first-order valence-electron chi connectivity index (χ1n) is 7.22. The van der Waals surface area contributed by atoms with Gasteiger partial charge in [-0.05, 0) is 49.2 Å². The van der Waals surface area contributed by atoms with Crippen LogP contribution in [0.4, 0.5) is 0 Å². The Bertz CT molecular complexity index is 580. The molecule has 2 nitrogen and oxygen atoms in total. The highest BCUT2D eigenvalue weighted by Crippen LogP contribution is 2.25. The average Bonchev–Trinajstić information content (AvgIpc) is 2.87. The summed E-state index contributed by atoms with van der Waals surface area (Å²) in [7, 11) is 0. The van der Waals surface area contributed by atoms with Crippen LogP contribution in [0.15, 0.2) is 30.3 Å². The number of aryl methyl sites for hydroxylation is 1. The van der Waals surface area contributed by atoms with E-state index in [1.807, 2.05) is 25.1 Å². The quantitative estimate of drug-likeness (QED) is 0.771. The Labute approximate surface area is 136 Å². The van der Waals surface area contributed by atoms with Crippen molar-refractivity contribution in [1.29, 1.82) is 0 Å². The molecule has 4 heteroatoms. The first-order valence-corrected chi connectivity index (χ1v) is 8.41. The second-order valence-corrected chi connectivity index (χ2v) is 7.28. The van der Waals surface area contributed by atoms with Crippen LogP contribution in [0.5, 0.6) is 5.75 Å². The molecular weight excluding hydrogens is 302 g/mol. The monoisotopic (exact) mass is 323 g/mol. The van der Waals surface area contributed by atoms with Crippen LogP contribution in [0.3, 0.4) is 0 Å². The van der Waals surface area contributed by atoms with Gasteiger partial charge in [0.2, 0.25) is 0 Å². The van der Waals surface area contributed by atoms with E-state index in [2.05, 4.69) is 31.3 Å². The number of hydrogen-bond donors (Lipinski definition) is 1. The average molecular weight is 324 g/mol. The summed E-state index contributed by atoms with van der Waals surface area (Å²) in [6.07, 6.45) is 0. The van der Waals surface area contributed by atoms with Gasteiger partial charge in [0, 0.05) is 21.3 Å². The first kappa shape index (κ1) is 16.3. The highest BCUT2D eigenvalue weighted by atomic mass is 35.5. The second kappa shape index (κ2) is 7.83. The van der Waals surface area contributed by atoms with Crippen LogP contribution >= 0.6 is 22.9 Å². The molecule has 114 valence electrons. The van der Waals surface area contributed by atoms with E-state index in [1.165, 1.54) is 9.75 Å². The lowest BCUT2D eigenvalue weighted by molar-refractivity contribution is 0.307. The number of halogens is 1. The van der Waals surface area contributed by atoms with Gasteiger partial charge in [0.1, 0.15) is 12.4 Å². The van der Waals surface area contributed by atoms with Crippen molar-refractivity contribution >= 4 is 22.9 Å². The molecule has 0 aliphatic carbocycles. The Morgan fingerprint density at radius 2 is 1.95 bits per heavy atom. The zero-order valence-corrected chi connectivity index (χ0v) is 14.4. The van der Waals surface area contributed by atoms with Gasteiger partial charge >= 0.3 is 0 Å². The van der Waals surface area contributed by atoms with Crippen LogP contribution in [0, 0.1) is 12.8 Å². The fourth-order valence-electron chi connectivity index (χ4n) is 1.96. The third-order valence-corrected chi connectivity index (χ3v) is 4.38. The van der Waals surface area contributed by atoms with Crippen molar-refractivity contribution in [2.24, 2.45) is 5.92 Å². The molecule has 0 aliphatic rings. The summed E-state index contributed by atoms with van der Waals surface area (Å²) in [5.41, 5.74) is 1.11. The van der Waals surface area contributed by atoms with E-state index in [0.717, 1.165) is 24.4 Å². The highest BCUT2D eigenvalue weighted by Gasteiger charge is 2.04. The molecule has 1 aromatic carbocycles. The van der Waals surface area contributed by atoms with Gasteiger partial charge < -0.3 is 10.1 Å². The third-order valence-electron chi connectivity index (χ3n) is 3.09. The van der Waals surface area contributed by atoms with E-state index >= 15 is 0 Å². The minimum atomic E-state index is 0.593. The van der Waals surface area contributed by atoms with Crippen LogP contribution in [-0.2, 0) is 13.2 Å². The Morgan fingerprint density at radius 3 is 2.71 bits per heavy atom. The molecular formula is C17H22ClNOS. The summed E-state index contributed by atoms with van der Waals surface area (Å²) >= 11 is 7.79. The lowest BCUT2D eigenvalue weighted by Gasteiger charge is -2.08. The van der Waals surface area contributed by atoms with Crippen molar-refractivity contribution in [3.05, 3.63) is 50.7 Å². The van der Waals surface area contributed by atoms with Gasteiger partial charge in [0.25, 0.3) is 0 Å². The normalized spacial score (nSPS) is 11.1. The molecule has 1 heterocycles. The molecule has 1 aromatic heterocycles. The summed E-state index contributed by atoms with van der Waals surface area (Å²) in [4.78, 5) is 2.58. The molecule has 0 fully saturated rings. The summed E-state index contributed by atoms with van der Waals surface area (Å²) in [5, 5.41) is 4.17. The van der Waals surface area contributed by atoms with Crippen LogP contribution in [0.1, 0.15) is 29.2 Å². The Morgan fingerprint density at radius 1 is 1.19 bits per heavy atom. The summed E-state index contributed by atoms with van der Waals surface area (Å²) < 4.78 is 5.87. The van der Waals surface area contributed by atoms with Gasteiger partial charge in [0.05, 0.1) is 0 Å². The molecule has 0 unspecified atom stereocenters. The molecule has 0 bridgehead atoms. The van der Waals surface area contributed by atoms with E-state index in [-0.39, 0.29) is 0 Å². The Kier molecular flexibility index (Phi) is 6.09. The minimum absolute atomic E-state index is 0.593. The van der Waals surface area contributed by atoms with Crippen LogP contribution in [0.25, 0.3) is 0 Å². The molecule has 0 radical (unpaired) electrons. The number of ether oxygens (including phenoxy) is 1. The maximum absolute atomic E-state index is 6.00. The SMILES string of the molecule is Cc1ccc(Cl)cc1OCc1ccc(CNCC(C)C)s1. The lowest BCUT2D eigenvalue weighted by Crippen LogP contribution is -2.18. The van der Waals surface area contributed by atoms with Gasteiger partial charge in [-0.25, -0.2) is 0 Å². The molecule has 0 amide bonds. The van der Waals surface area contributed by atoms with E-state index in [4.69, 9.17) is 16.3 Å². The van der Waals surface area contributed by atoms with E-state index in [0.29, 0.717) is 17.5 Å². The molecule has 0 atom stereocenters. The van der Waals surface area contributed by atoms with Crippen molar-refractivity contribution in [3.63, 3.8) is 0 Å². The van der Waals surface area contributed by atoms with Crippen molar-refractivity contribution in [2.75, 3.05) is 6.54 Å². The topological polar surface area (TPSA) is 21.3 Å². The Balaban J connectivity index is 1.86. The molecule has 2 rings (SSSR count). The minimum Gasteiger partial charge on any atom is -0.488 e. The summed E-state index contributed by atoms with van der Waals surface area (Å²) in [6, 6.07) is 10.0. The molecule has 21 heavy (non-hydrogen) atoms.